The number of urea groups is 1. The lowest BCUT2D eigenvalue weighted by molar-refractivity contribution is 0.242. The molecule has 1 aliphatic carbocycles. The van der Waals surface area contributed by atoms with E-state index in [-0.39, 0.29) is 6.03 Å². The highest BCUT2D eigenvalue weighted by Crippen LogP contribution is 2.19. The molecule has 0 aromatic heterocycles. The predicted molar refractivity (Wildman–Crippen MR) is 79.5 cm³/mol. The van der Waals surface area contributed by atoms with Crippen LogP contribution in [0, 0.1) is 0 Å². The van der Waals surface area contributed by atoms with Crippen LogP contribution in [0.4, 0.5) is 10.5 Å². The quantitative estimate of drug-likeness (QED) is 0.854. The van der Waals surface area contributed by atoms with Gasteiger partial charge in [-0.15, -0.1) is 0 Å². The van der Waals surface area contributed by atoms with Crippen molar-refractivity contribution in [3.8, 4) is 0 Å². The molecule has 1 N–H and O–H groups in total. The average Bonchev–Trinajstić information content (AvgIpc) is 2.93. The molecule has 0 aliphatic heterocycles. The number of nitrogens with zero attached hydrogens (tertiary/aromatic N) is 1. The lowest BCUT2D eigenvalue weighted by Gasteiger charge is -2.25. The van der Waals surface area contributed by atoms with E-state index >= 15 is 0 Å². The Morgan fingerprint density at radius 1 is 1.26 bits per heavy atom. The summed E-state index contributed by atoms with van der Waals surface area (Å²) >= 11 is 0. The molecule has 1 fully saturated rings. The van der Waals surface area contributed by atoms with Crippen LogP contribution < -0.4 is 10.2 Å². The van der Waals surface area contributed by atoms with Gasteiger partial charge in [0, 0.05) is 18.3 Å². The zero-order chi connectivity index (χ0) is 13.5. The summed E-state index contributed by atoms with van der Waals surface area (Å²) < 4.78 is 0. The van der Waals surface area contributed by atoms with Gasteiger partial charge in [-0.1, -0.05) is 44.4 Å². The van der Waals surface area contributed by atoms with E-state index in [9.17, 15) is 4.79 Å². The van der Waals surface area contributed by atoms with Crippen LogP contribution in [-0.4, -0.2) is 18.6 Å². The molecule has 0 atom stereocenters. The molecule has 0 heterocycles. The van der Waals surface area contributed by atoms with Crippen LogP contribution in [0.15, 0.2) is 30.3 Å². The minimum Gasteiger partial charge on any atom is -0.335 e. The maximum atomic E-state index is 12.4. The van der Waals surface area contributed by atoms with Gasteiger partial charge in [-0.3, -0.25) is 4.90 Å². The van der Waals surface area contributed by atoms with Gasteiger partial charge in [0.2, 0.25) is 0 Å². The Morgan fingerprint density at radius 2 is 1.95 bits per heavy atom. The molecule has 0 radical (unpaired) electrons. The molecule has 0 bridgehead atoms. The van der Waals surface area contributed by atoms with E-state index in [2.05, 4.69) is 12.2 Å². The Balaban J connectivity index is 2.01. The molecular formula is C16H24N2O. The molecule has 19 heavy (non-hydrogen) atoms. The molecule has 104 valence electrons. The van der Waals surface area contributed by atoms with Crippen molar-refractivity contribution >= 4 is 11.7 Å². The molecule has 2 amide bonds. The molecule has 1 aliphatic rings. The number of amides is 2. The number of unbranched alkanes of at least 4 members (excludes halogenated alkanes) is 1. The van der Waals surface area contributed by atoms with Crippen molar-refractivity contribution in [3.05, 3.63) is 30.3 Å². The molecular weight excluding hydrogens is 236 g/mol. The van der Waals surface area contributed by atoms with Crippen molar-refractivity contribution in [3.63, 3.8) is 0 Å². The minimum atomic E-state index is 0.0616. The molecule has 2 rings (SSSR count). The summed E-state index contributed by atoms with van der Waals surface area (Å²) in [5, 5.41) is 3.17. The topological polar surface area (TPSA) is 32.3 Å². The number of hydrogen-bond acceptors (Lipinski definition) is 1. The number of nitrogens with one attached hydrogen (secondary N) is 1. The molecule has 1 aromatic rings. The molecule has 1 saturated carbocycles. The third-order valence-electron chi connectivity index (χ3n) is 3.73. The summed E-state index contributed by atoms with van der Waals surface area (Å²) in [4.78, 5) is 14.3. The Kier molecular flexibility index (Phi) is 5.25. The fraction of sp³-hybridized carbons (Fsp3) is 0.562. The van der Waals surface area contributed by atoms with Gasteiger partial charge in [-0.05, 0) is 31.4 Å². The van der Waals surface area contributed by atoms with Crippen molar-refractivity contribution in [2.75, 3.05) is 11.4 Å². The molecule has 0 spiro atoms. The van der Waals surface area contributed by atoms with Crippen LogP contribution in [-0.2, 0) is 0 Å². The van der Waals surface area contributed by atoms with Gasteiger partial charge in [-0.25, -0.2) is 4.79 Å². The van der Waals surface area contributed by atoms with Gasteiger partial charge < -0.3 is 5.32 Å². The maximum Gasteiger partial charge on any atom is 0.322 e. The second kappa shape index (κ2) is 7.17. The fourth-order valence-electron chi connectivity index (χ4n) is 2.59. The van der Waals surface area contributed by atoms with Gasteiger partial charge in [0.25, 0.3) is 0 Å². The summed E-state index contributed by atoms with van der Waals surface area (Å²) in [6.07, 6.45) is 6.87. The summed E-state index contributed by atoms with van der Waals surface area (Å²) in [6, 6.07) is 10.4. The van der Waals surface area contributed by atoms with Crippen LogP contribution in [0.5, 0.6) is 0 Å². The summed E-state index contributed by atoms with van der Waals surface area (Å²) in [7, 11) is 0. The second-order valence-electron chi connectivity index (χ2n) is 5.27. The SMILES string of the molecule is CCCCN(C(=O)NC1CCCC1)c1ccccc1. The second-order valence-corrected chi connectivity index (χ2v) is 5.27. The van der Waals surface area contributed by atoms with Crippen molar-refractivity contribution in [2.45, 2.75) is 51.5 Å². The zero-order valence-corrected chi connectivity index (χ0v) is 11.8. The number of anilines is 1. The Morgan fingerprint density at radius 3 is 2.58 bits per heavy atom. The lowest BCUT2D eigenvalue weighted by atomic mass is 10.2. The summed E-state index contributed by atoms with van der Waals surface area (Å²) in [6.45, 7) is 2.94. The molecule has 3 heteroatoms. The average molecular weight is 260 g/mol. The van der Waals surface area contributed by atoms with Crippen LogP contribution in [0.1, 0.15) is 45.4 Å². The van der Waals surface area contributed by atoms with Gasteiger partial charge in [0.15, 0.2) is 0 Å². The summed E-state index contributed by atoms with van der Waals surface area (Å²) in [5.41, 5.74) is 0.992. The van der Waals surface area contributed by atoms with E-state index in [1.165, 1.54) is 12.8 Å². The number of hydrogen-bond donors (Lipinski definition) is 1. The van der Waals surface area contributed by atoms with Gasteiger partial charge in [-0.2, -0.15) is 0 Å². The number of para-hydroxylation sites is 1. The van der Waals surface area contributed by atoms with Gasteiger partial charge in [0.05, 0.1) is 0 Å². The Bertz CT molecular complexity index is 385. The highest BCUT2D eigenvalue weighted by molar-refractivity contribution is 5.92. The fourth-order valence-corrected chi connectivity index (χ4v) is 2.59. The first-order valence-corrected chi connectivity index (χ1v) is 7.44. The first-order valence-electron chi connectivity index (χ1n) is 7.44. The van der Waals surface area contributed by atoms with Gasteiger partial charge in [0.1, 0.15) is 0 Å². The van der Waals surface area contributed by atoms with Crippen LogP contribution in [0.25, 0.3) is 0 Å². The van der Waals surface area contributed by atoms with Crippen molar-refractivity contribution in [1.82, 2.24) is 5.32 Å². The zero-order valence-electron chi connectivity index (χ0n) is 11.8. The first-order chi connectivity index (χ1) is 9.31. The number of rotatable bonds is 5. The largest absolute Gasteiger partial charge is 0.335 e. The highest BCUT2D eigenvalue weighted by Gasteiger charge is 2.21. The highest BCUT2D eigenvalue weighted by atomic mass is 16.2. The monoisotopic (exact) mass is 260 g/mol. The molecule has 0 unspecified atom stereocenters. The Hall–Kier alpha value is -1.51. The number of benzene rings is 1. The first kappa shape index (κ1) is 13.9. The van der Waals surface area contributed by atoms with Crippen molar-refractivity contribution < 1.29 is 4.79 Å². The van der Waals surface area contributed by atoms with E-state index < -0.39 is 0 Å². The molecule has 0 saturated heterocycles. The standard InChI is InChI=1S/C16H24N2O/c1-2-3-13-18(15-11-5-4-6-12-15)16(19)17-14-9-7-8-10-14/h4-6,11-12,14H,2-3,7-10,13H2,1H3,(H,17,19). The maximum absolute atomic E-state index is 12.4. The van der Waals surface area contributed by atoms with E-state index in [4.69, 9.17) is 0 Å². The van der Waals surface area contributed by atoms with E-state index in [0.717, 1.165) is 37.9 Å². The number of carbonyl (C=O) groups excluding carboxylic acids is 1. The number of carbonyl (C=O) groups is 1. The molecule has 1 aromatic carbocycles. The molecule has 3 nitrogen and oxygen atoms in total. The van der Waals surface area contributed by atoms with Crippen LogP contribution in [0.3, 0.4) is 0 Å². The smallest absolute Gasteiger partial charge is 0.322 e. The van der Waals surface area contributed by atoms with Crippen molar-refractivity contribution in [1.29, 1.82) is 0 Å². The van der Waals surface area contributed by atoms with E-state index in [1.807, 2.05) is 35.2 Å². The van der Waals surface area contributed by atoms with E-state index in [0.29, 0.717) is 6.04 Å². The van der Waals surface area contributed by atoms with Gasteiger partial charge >= 0.3 is 6.03 Å². The van der Waals surface area contributed by atoms with E-state index in [1.54, 1.807) is 0 Å². The Labute approximate surface area is 116 Å². The normalized spacial score (nSPS) is 15.4. The van der Waals surface area contributed by atoms with Crippen molar-refractivity contribution in [2.24, 2.45) is 0 Å². The predicted octanol–water partition coefficient (Wildman–Crippen LogP) is 3.95. The van der Waals surface area contributed by atoms with Crippen LogP contribution >= 0.6 is 0 Å². The lowest BCUT2D eigenvalue weighted by Crippen LogP contribution is -2.44. The minimum absolute atomic E-state index is 0.0616. The van der Waals surface area contributed by atoms with Crippen LogP contribution in [0.2, 0.25) is 0 Å². The summed E-state index contributed by atoms with van der Waals surface area (Å²) in [5.74, 6) is 0. The third-order valence-corrected chi connectivity index (χ3v) is 3.73. The third kappa shape index (κ3) is 3.98.